The molecule has 0 spiro atoms. The van der Waals surface area contributed by atoms with Gasteiger partial charge in [-0.3, -0.25) is 14.1 Å². The van der Waals surface area contributed by atoms with Crippen molar-refractivity contribution in [3.05, 3.63) is 71.8 Å². The van der Waals surface area contributed by atoms with Gasteiger partial charge in [-0.25, -0.2) is 0 Å². The zero-order valence-corrected chi connectivity index (χ0v) is 18.1. The highest BCUT2D eigenvalue weighted by Crippen LogP contribution is 2.06. The number of nitrogens with one attached hydrogen (secondary N) is 2. The average molecular weight is 448 g/mol. The van der Waals surface area contributed by atoms with Crippen molar-refractivity contribution in [2.75, 3.05) is 12.3 Å². The van der Waals surface area contributed by atoms with Crippen LogP contribution in [0.1, 0.15) is 24.0 Å². The maximum atomic E-state index is 12.7. The van der Waals surface area contributed by atoms with E-state index in [1.807, 2.05) is 60.7 Å². The Balaban J connectivity index is 1.95. The summed E-state index contributed by atoms with van der Waals surface area (Å²) in [5, 5.41) is 5.45. The van der Waals surface area contributed by atoms with E-state index in [4.69, 9.17) is 10.3 Å². The predicted molar refractivity (Wildman–Crippen MR) is 119 cm³/mol. The van der Waals surface area contributed by atoms with E-state index in [1.54, 1.807) is 0 Å². The molecule has 31 heavy (non-hydrogen) atoms. The third-order valence-electron chi connectivity index (χ3n) is 4.68. The number of carbonyl (C=O) groups is 2. The first-order valence-electron chi connectivity index (χ1n) is 10.1. The summed E-state index contributed by atoms with van der Waals surface area (Å²) in [5.41, 5.74) is 7.85. The van der Waals surface area contributed by atoms with Crippen LogP contribution in [0, 0.1) is 0 Å². The summed E-state index contributed by atoms with van der Waals surface area (Å²) in [4.78, 5) is 25.3. The second-order valence-corrected chi connectivity index (χ2v) is 8.90. The Morgan fingerprint density at radius 2 is 1.42 bits per heavy atom. The van der Waals surface area contributed by atoms with Gasteiger partial charge in [0.25, 0.3) is 10.1 Å². The molecule has 2 aromatic rings. The van der Waals surface area contributed by atoms with Crippen LogP contribution in [0.15, 0.2) is 60.7 Å². The van der Waals surface area contributed by atoms with Crippen LogP contribution in [0.4, 0.5) is 0 Å². The van der Waals surface area contributed by atoms with Gasteiger partial charge in [0.05, 0.1) is 11.8 Å². The van der Waals surface area contributed by atoms with Gasteiger partial charge in [-0.05, 0) is 30.4 Å². The summed E-state index contributed by atoms with van der Waals surface area (Å²) in [6.07, 6.45) is 1.24. The van der Waals surface area contributed by atoms with Crippen molar-refractivity contribution in [3.8, 4) is 0 Å². The molecule has 0 aliphatic rings. The fourth-order valence-electron chi connectivity index (χ4n) is 3.04. The molecular weight excluding hydrogens is 418 g/mol. The molecule has 2 rings (SSSR count). The predicted octanol–water partition coefficient (Wildman–Crippen LogP) is 1.07. The van der Waals surface area contributed by atoms with Crippen molar-refractivity contribution in [2.24, 2.45) is 5.73 Å². The number of nitrogens with two attached hydrogens (primary N) is 1. The van der Waals surface area contributed by atoms with Gasteiger partial charge in [0.1, 0.15) is 6.04 Å². The van der Waals surface area contributed by atoms with E-state index in [1.165, 1.54) is 0 Å². The standard InChI is InChI=1S/C22H29N3O5S/c23-19(15-17-9-3-1-4-10-17)21(26)25-20(16-18-11-5-2-6-12-18)22(27)24-13-7-8-14-31(28,29)30/h1-6,9-12,19-20H,7-8,13-16,23H2,(H,24,27)(H,25,26)(H,28,29,30)/t19-,20-/m1/s1. The minimum Gasteiger partial charge on any atom is -0.354 e. The molecule has 9 heteroatoms. The molecule has 0 aliphatic heterocycles. The van der Waals surface area contributed by atoms with Gasteiger partial charge in [-0.15, -0.1) is 0 Å². The minimum absolute atomic E-state index is 0.219. The molecule has 0 radical (unpaired) electrons. The van der Waals surface area contributed by atoms with E-state index in [0.29, 0.717) is 19.3 Å². The van der Waals surface area contributed by atoms with E-state index < -0.39 is 28.1 Å². The highest BCUT2D eigenvalue weighted by atomic mass is 32.2. The van der Waals surface area contributed by atoms with Gasteiger partial charge in [-0.2, -0.15) is 8.42 Å². The second kappa shape index (κ2) is 12.2. The molecule has 0 aromatic heterocycles. The Kier molecular flexibility index (Phi) is 9.64. The molecule has 0 bridgehead atoms. The lowest BCUT2D eigenvalue weighted by molar-refractivity contribution is -0.129. The number of amides is 2. The lowest BCUT2D eigenvalue weighted by Crippen LogP contribution is -2.53. The van der Waals surface area contributed by atoms with Crippen molar-refractivity contribution in [1.82, 2.24) is 10.6 Å². The summed E-state index contributed by atoms with van der Waals surface area (Å²) in [7, 11) is -4.02. The lowest BCUT2D eigenvalue weighted by atomic mass is 10.0. The van der Waals surface area contributed by atoms with E-state index in [9.17, 15) is 18.0 Å². The quantitative estimate of drug-likeness (QED) is 0.284. The highest BCUT2D eigenvalue weighted by molar-refractivity contribution is 7.85. The van der Waals surface area contributed by atoms with E-state index >= 15 is 0 Å². The van der Waals surface area contributed by atoms with Crippen LogP contribution in [0.25, 0.3) is 0 Å². The first kappa shape index (κ1) is 24.5. The first-order chi connectivity index (χ1) is 14.7. The summed E-state index contributed by atoms with van der Waals surface area (Å²) in [6.45, 7) is 0.228. The van der Waals surface area contributed by atoms with Crippen LogP contribution >= 0.6 is 0 Å². The monoisotopic (exact) mass is 447 g/mol. The van der Waals surface area contributed by atoms with Crippen molar-refractivity contribution in [3.63, 3.8) is 0 Å². The molecule has 2 amide bonds. The van der Waals surface area contributed by atoms with Crippen LogP contribution in [0.2, 0.25) is 0 Å². The van der Waals surface area contributed by atoms with Crippen LogP contribution in [0.3, 0.4) is 0 Å². The molecule has 168 valence electrons. The SMILES string of the molecule is N[C@H](Cc1ccccc1)C(=O)N[C@H](Cc1ccccc1)C(=O)NCCCCS(=O)(=O)O. The molecule has 0 heterocycles. The van der Waals surface area contributed by atoms with Crippen molar-refractivity contribution >= 4 is 21.9 Å². The maximum absolute atomic E-state index is 12.7. The summed E-state index contributed by atoms with van der Waals surface area (Å²) in [5.74, 6) is -1.16. The third kappa shape index (κ3) is 9.73. The van der Waals surface area contributed by atoms with E-state index in [0.717, 1.165) is 11.1 Å². The number of unbranched alkanes of at least 4 members (excludes halogenated alkanes) is 1. The third-order valence-corrected chi connectivity index (χ3v) is 5.48. The van der Waals surface area contributed by atoms with Crippen LogP contribution in [0.5, 0.6) is 0 Å². The molecule has 2 aromatic carbocycles. The Labute approximate surface area is 183 Å². The molecule has 0 aliphatic carbocycles. The number of rotatable bonds is 12. The molecule has 0 unspecified atom stereocenters. The Morgan fingerprint density at radius 3 is 1.97 bits per heavy atom. The van der Waals surface area contributed by atoms with Crippen LogP contribution < -0.4 is 16.4 Å². The van der Waals surface area contributed by atoms with E-state index in [2.05, 4.69) is 10.6 Å². The maximum Gasteiger partial charge on any atom is 0.264 e. The van der Waals surface area contributed by atoms with Crippen molar-refractivity contribution < 1.29 is 22.6 Å². The lowest BCUT2D eigenvalue weighted by Gasteiger charge is -2.21. The smallest absolute Gasteiger partial charge is 0.264 e. The Hall–Kier alpha value is -2.75. The van der Waals surface area contributed by atoms with Crippen LogP contribution in [-0.2, 0) is 32.5 Å². The average Bonchev–Trinajstić information content (AvgIpc) is 2.73. The van der Waals surface area contributed by atoms with Crippen LogP contribution in [-0.4, -0.2) is 49.2 Å². The van der Waals surface area contributed by atoms with Gasteiger partial charge >= 0.3 is 0 Å². The number of carbonyl (C=O) groups excluding carboxylic acids is 2. The van der Waals surface area contributed by atoms with Gasteiger partial charge in [0, 0.05) is 13.0 Å². The van der Waals surface area contributed by atoms with Gasteiger partial charge < -0.3 is 16.4 Å². The summed E-state index contributed by atoms with van der Waals surface area (Å²) >= 11 is 0. The van der Waals surface area contributed by atoms with Gasteiger partial charge in [0.2, 0.25) is 11.8 Å². The fourth-order valence-corrected chi connectivity index (χ4v) is 3.61. The molecule has 0 saturated carbocycles. The topological polar surface area (TPSA) is 139 Å². The van der Waals surface area contributed by atoms with E-state index in [-0.39, 0.29) is 24.6 Å². The Bertz CT molecular complexity index is 936. The van der Waals surface area contributed by atoms with Gasteiger partial charge in [0.15, 0.2) is 0 Å². The molecule has 0 saturated heterocycles. The molecule has 5 N–H and O–H groups in total. The zero-order chi connectivity index (χ0) is 22.7. The normalized spacial score (nSPS) is 13.2. The number of hydrogen-bond donors (Lipinski definition) is 4. The molecule has 8 nitrogen and oxygen atoms in total. The zero-order valence-electron chi connectivity index (χ0n) is 17.2. The summed E-state index contributed by atoms with van der Waals surface area (Å²) in [6, 6.07) is 17.0. The van der Waals surface area contributed by atoms with Crippen molar-refractivity contribution in [1.29, 1.82) is 0 Å². The minimum atomic E-state index is -4.02. The number of hydrogen-bond acceptors (Lipinski definition) is 5. The van der Waals surface area contributed by atoms with Crippen molar-refractivity contribution in [2.45, 2.75) is 37.8 Å². The molecule has 0 fully saturated rings. The van der Waals surface area contributed by atoms with Gasteiger partial charge in [-0.1, -0.05) is 60.7 Å². The molecule has 2 atom stereocenters. The number of benzene rings is 2. The Morgan fingerprint density at radius 1 is 0.871 bits per heavy atom. The fraction of sp³-hybridized carbons (Fsp3) is 0.364. The summed E-state index contributed by atoms with van der Waals surface area (Å²) < 4.78 is 30.3. The highest BCUT2D eigenvalue weighted by Gasteiger charge is 2.24. The molecular formula is C22H29N3O5S. The first-order valence-corrected chi connectivity index (χ1v) is 11.7. The largest absolute Gasteiger partial charge is 0.354 e. The second-order valence-electron chi connectivity index (χ2n) is 7.33.